The van der Waals surface area contributed by atoms with Crippen molar-refractivity contribution >= 4 is 5.97 Å². The molecule has 0 heterocycles. The first-order chi connectivity index (χ1) is 3.18. The Balaban J connectivity index is 3.34. The summed E-state index contributed by atoms with van der Waals surface area (Å²) < 4.78 is 6.43. The van der Waals surface area contributed by atoms with Crippen molar-refractivity contribution in [1.82, 2.24) is 0 Å². The van der Waals surface area contributed by atoms with Crippen molar-refractivity contribution in [3.05, 3.63) is 0 Å². The van der Waals surface area contributed by atoms with Gasteiger partial charge in [-0.3, -0.25) is 4.79 Å². The van der Waals surface area contributed by atoms with Crippen LogP contribution in [0.4, 0.5) is 0 Å². The molecule has 0 rings (SSSR count). The van der Waals surface area contributed by atoms with E-state index in [0.29, 0.717) is 0 Å². The molecule has 0 spiro atoms. The normalized spacial score (nSPS) is 15.8. The molecule has 0 saturated carbocycles. The van der Waals surface area contributed by atoms with E-state index in [1.54, 1.807) is 0 Å². The lowest BCUT2D eigenvalue weighted by Gasteiger charge is -1.90. The minimum atomic E-state index is -1.12. The first-order valence-electron chi connectivity index (χ1n) is 2.17. The van der Waals surface area contributed by atoms with E-state index in [9.17, 15) is 4.79 Å². The summed E-state index contributed by atoms with van der Waals surface area (Å²) in [5.74, 6) is -1.12. The third-order valence-corrected chi connectivity index (χ3v) is 0.317. The summed E-state index contributed by atoms with van der Waals surface area (Å²) in [6, 6.07) is -1.01. The SMILES string of the molecule is [3H]C[C@H](N)C(=O)O. The van der Waals surface area contributed by atoms with Crippen LogP contribution in [0, 0.1) is 0 Å². The van der Waals surface area contributed by atoms with Gasteiger partial charge < -0.3 is 10.8 Å². The number of hydrogen-bond acceptors (Lipinski definition) is 2. The van der Waals surface area contributed by atoms with E-state index in [2.05, 4.69) is 0 Å². The van der Waals surface area contributed by atoms with E-state index in [4.69, 9.17) is 12.2 Å². The summed E-state index contributed by atoms with van der Waals surface area (Å²) in [7, 11) is 0. The molecule has 0 aromatic carbocycles. The van der Waals surface area contributed by atoms with Crippen molar-refractivity contribution in [3.8, 4) is 0 Å². The van der Waals surface area contributed by atoms with Crippen molar-refractivity contribution < 1.29 is 11.3 Å². The van der Waals surface area contributed by atoms with Gasteiger partial charge in [-0.2, -0.15) is 0 Å². The molecule has 1 atom stereocenters. The Morgan fingerprint density at radius 1 is 2.33 bits per heavy atom. The summed E-state index contributed by atoms with van der Waals surface area (Å²) in [4.78, 5) is 9.69. The molecule has 0 unspecified atom stereocenters. The van der Waals surface area contributed by atoms with Crippen molar-refractivity contribution in [2.24, 2.45) is 5.73 Å². The molecule has 0 saturated heterocycles. The Labute approximate surface area is 37.2 Å². The number of rotatable bonds is 1. The Morgan fingerprint density at radius 2 is 2.83 bits per heavy atom. The lowest BCUT2D eigenvalue weighted by Crippen LogP contribution is -2.25. The Hall–Kier alpha value is -0.570. The zero-order chi connectivity index (χ0) is 5.86. The van der Waals surface area contributed by atoms with Crippen molar-refractivity contribution in [2.45, 2.75) is 12.9 Å². The number of carboxylic acids is 1. The predicted octanol–water partition coefficient (Wildman–Crippen LogP) is -0.582. The Kier molecular flexibility index (Phi) is 1.06. The molecule has 0 bridgehead atoms. The van der Waals surface area contributed by atoms with Crippen LogP contribution in [0.2, 0.25) is 0 Å². The van der Waals surface area contributed by atoms with Crippen LogP contribution in [-0.2, 0) is 4.79 Å². The maximum absolute atomic E-state index is 9.69. The van der Waals surface area contributed by atoms with Crippen LogP contribution >= 0.6 is 0 Å². The lowest BCUT2D eigenvalue weighted by atomic mass is 10.4. The summed E-state index contributed by atoms with van der Waals surface area (Å²) in [6.07, 6.45) is 0. The minimum absolute atomic E-state index is 0.255. The van der Waals surface area contributed by atoms with Gasteiger partial charge in [-0.05, 0) is 6.90 Å². The largest absolute Gasteiger partial charge is 0.480 e. The molecular weight excluding hydrogens is 82.0 g/mol. The highest BCUT2D eigenvalue weighted by atomic mass is 16.4. The van der Waals surface area contributed by atoms with E-state index in [-0.39, 0.29) is 6.90 Å². The highest BCUT2D eigenvalue weighted by molar-refractivity contribution is 5.72. The smallest absolute Gasteiger partial charge is 0.320 e. The minimum Gasteiger partial charge on any atom is -0.480 e. The van der Waals surface area contributed by atoms with Crippen molar-refractivity contribution in [2.75, 3.05) is 0 Å². The third-order valence-electron chi connectivity index (χ3n) is 0.317. The van der Waals surface area contributed by atoms with Gasteiger partial charge in [0, 0.05) is 1.37 Å². The molecular formula is C3H7NO2. The molecule has 0 fully saturated rings. The zero-order valence-corrected chi connectivity index (χ0v) is 3.22. The molecule has 0 aromatic heterocycles. The fourth-order valence-corrected chi connectivity index (χ4v) is 0. The van der Waals surface area contributed by atoms with Crippen LogP contribution in [0.25, 0.3) is 0 Å². The van der Waals surface area contributed by atoms with Gasteiger partial charge in [0.2, 0.25) is 0 Å². The fourth-order valence-electron chi connectivity index (χ4n) is 0. The van der Waals surface area contributed by atoms with E-state index in [1.807, 2.05) is 0 Å². The molecule has 0 radical (unpaired) electrons. The van der Waals surface area contributed by atoms with Gasteiger partial charge in [-0.15, -0.1) is 0 Å². The molecule has 0 aliphatic heterocycles. The summed E-state index contributed by atoms with van der Waals surface area (Å²) in [5.41, 5.74) is 4.83. The number of carbonyl (C=O) groups is 1. The molecule has 36 valence electrons. The fraction of sp³-hybridized carbons (Fsp3) is 0.667. The van der Waals surface area contributed by atoms with Gasteiger partial charge in [0.25, 0.3) is 0 Å². The second kappa shape index (κ2) is 1.77. The predicted molar refractivity (Wildman–Crippen MR) is 21.3 cm³/mol. The molecule has 3 N–H and O–H groups in total. The summed E-state index contributed by atoms with van der Waals surface area (Å²) in [6.45, 7) is -0.255. The maximum Gasteiger partial charge on any atom is 0.320 e. The first kappa shape index (κ1) is 3.61. The number of carboxylic acid groups (broad SMARTS) is 1. The molecule has 6 heavy (non-hydrogen) atoms. The number of aliphatic carboxylic acids is 1. The second-order valence-electron chi connectivity index (χ2n) is 0.945. The van der Waals surface area contributed by atoms with Crippen LogP contribution in [0.1, 0.15) is 8.27 Å². The van der Waals surface area contributed by atoms with E-state index in [1.165, 1.54) is 0 Å². The highest BCUT2D eigenvalue weighted by Gasteiger charge is 1.99. The topological polar surface area (TPSA) is 63.3 Å². The average molecular weight is 91.1 g/mol. The monoisotopic (exact) mass is 91.1 g/mol. The van der Waals surface area contributed by atoms with Gasteiger partial charge in [0.15, 0.2) is 0 Å². The molecule has 0 amide bonds. The average Bonchev–Trinajstić information content (AvgIpc) is 1.65. The summed E-state index contributed by atoms with van der Waals surface area (Å²) in [5, 5.41) is 7.94. The Bertz CT molecular complexity index is 75.3. The third kappa shape index (κ3) is 1.72. The van der Waals surface area contributed by atoms with Gasteiger partial charge in [-0.25, -0.2) is 0 Å². The van der Waals surface area contributed by atoms with Crippen LogP contribution < -0.4 is 5.73 Å². The number of hydrogen-bond donors (Lipinski definition) is 2. The van der Waals surface area contributed by atoms with Crippen molar-refractivity contribution in [1.29, 1.82) is 0 Å². The highest BCUT2D eigenvalue weighted by Crippen LogP contribution is 1.68. The standard InChI is InChI=1S/C3H7NO2/c1-2(4)3(5)6/h2H,4H2,1H3,(H,5,6)/t2-/m0/s1/i1T. The van der Waals surface area contributed by atoms with E-state index >= 15 is 0 Å². The van der Waals surface area contributed by atoms with Crippen LogP contribution in [0.5, 0.6) is 0 Å². The summed E-state index contributed by atoms with van der Waals surface area (Å²) >= 11 is 0. The zero-order valence-electron chi connectivity index (χ0n) is 4.22. The number of nitrogens with two attached hydrogens (primary N) is 1. The van der Waals surface area contributed by atoms with Crippen LogP contribution in [0.3, 0.4) is 0 Å². The molecule has 0 aliphatic carbocycles. The van der Waals surface area contributed by atoms with Crippen molar-refractivity contribution in [3.63, 3.8) is 0 Å². The van der Waals surface area contributed by atoms with Gasteiger partial charge in [-0.1, -0.05) is 0 Å². The quantitative estimate of drug-likeness (QED) is 0.453. The van der Waals surface area contributed by atoms with Gasteiger partial charge >= 0.3 is 5.97 Å². The molecule has 0 aliphatic rings. The lowest BCUT2D eigenvalue weighted by molar-refractivity contribution is -0.138. The molecule has 0 aromatic rings. The van der Waals surface area contributed by atoms with Crippen LogP contribution in [0.15, 0.2) is 0 Å². The molecule has 3 heteroatoms. The first-order valence-corrected chi connectivity index (χ1v) is 1.46. The maximum atomic E-state index is 9.69. The Morgan fingerprint density at radius 3 is 2.83 bits per heavy atom. The van der Waals surface area contributed by atoms with Crippen LogP contribution in [-0.4, -0.2) is 17.1 Å². The second-order valence-corrected chi connectivity index (χ2v) is 0.945. The molecule has 3 nitrogen and oxygen atoms in total. The van der Waals surface area contributed by atoms with E-state index in [0.717, 1.165) is 0 Å². The van der Waals surface area contributed by atoms with E-state index < -0.39 is 12.0 Å². The van der Waals surface area contributed by atoms with Gasteiger partial charge in [0.1, 0.15) is 6.04 Å². The van der Waals surface area contributed by atoms with Gasteiger partial charge in [0.05, 0.1) is 0 Å².